The maximum absolute atomic E-state index is 10.3. The Kier molecular flexibility index (Phi) is 3.88. The van der Waals surface area contributed by atoms with E-state index in [0.29, 0.717) is 0 Å². The molecule has 0 spiro atoms. The SMILES string of the molecule is [N-]=[N+]=NC/C=C/c1ccc([N+](=O)[O-])cc1. The van der Waals surface area contributed by atoms with Gasteiger partial charge in [-0.3, -0.25) is 10.1 Å². The lowest BCUT2D eigenvalue weighted by atomic mass is 10.2. The normalized spacial score (nSPS) is 9.87. The standard InChI is InChI=1S/C9H8N4O2/c10-12-11-7-1-2-8-3-5-9(6-4-8)13(14)15/h1-6H,7H2/b2-1+. The Morgan fingerprint density at radius 2 is 2.13 bits per heavy atom. The van der Waals surface area contributed by atoms with Gasteiger partial charge >= 0.3 is 0 Å². The first-order valence-electron chi connectivity index (χ1n) is 4.16. The summed E-state index contributed by atoms with van der Waals surface area (Å²) in [4.78, 5) is 12.5. The molecule has 0 saturated heterocycles. The summed E-state index contributed by atoms with van der Waals surface area (Å²) < 4.78 is 0. The Morgan fingerprint density at radius 1 is 1.47 bits per heavy atom. The van der Waals surface area contributed by atoms with Crippen molar-refractivity contribution in [1.29, 1.82) is 0 Å². The van der Waals surface area contributed by atoms with Crippen molar-refractivity contribution < 1.29 is 4.92 Å². The third-order valence-corrected chi connectivity index (χ3v) is 1.66. The van der Waals surface area contributed by atoms with Crippen LogP contribution in [0.25, 0.3) is 16.5 Å². The van der Waals surface area contributed by atoms with Crippen LogP contribution >= 0.6 is 0 Å². The van der Waals surface area contributed by atoms with Crippen molar-refractivity contribution in [2.45, 2.75) is 0 Å². The topological polar surface area (TPSA) is 91.9 Å². The highest BCUT2D eigenvalue weighted by Crippen LogP contribution is 2.12. The predicted molar refractivity (Wildman–Crippen MR) is 56.1 cm³/mol. The van der Waals surface area contributed by atoms with E-state index in [1.54, 1.807) is 24.3 Å². The molecule has 0 fully saturated rings. The van der Waals surface area contributed by atoms with Crippen molar-refractivity contribution >= 4 is 11.8 Å². The molecule has 6 heteroatoms. The maximum atomic E-state index is 10.3. The second-order valence-electron chi connectivity index (χ2n) is 2.66. The van der Waals surface area contributed by atoms with Gasteiger partial charge in [-0.25, -0.2) is 0 Å². The van der Waals surface area contributed by atoms with Gasteiger partial charge in [0.2, 0.25) is 0 Å². The van der Waals surface area contributed by atoms with E-state index in [1.807, 2.05) is 0 Å². The molecule has 0 atom stereocenters. The number of azide groups is 1. The van der Waals surface area contributed by atoms with Gasteiger partial charge in [0.25, 0.3) is 5.69 Å². The van der Waals surface area contributed by atoms with E-state index in [-0.39, 0.29) is 12.2 Å². The summed E-state index contributed by atoms with van der Waals surface area (Å²) in [6, 6.07) is 6.11. The molecule has 0 aliphatic heterocycles. The van der Waals surface area contributed by atoms with Gasteiger partial charge in [0.1, 0.15) is 0 Å². The quantitative estimate of drug-likeness (QED) is 0.248. The van der Waals surface area contributed by atoms with Gasteiger partial charge in [-0.05, 0) is 23.2 Å². The molecule has 0 unspecified atom stereocenters. The molecule has 0 bridgehead atoms. The highest BCUT2D eigenvalue weighted by atomic mass is 16.6. The van der Waals surface area contributed by atoms with E-state index < -0.39 is 4.92 Å². The summed E-state index contributed by atoms with van der Waals surface area (Å²) in [6.45, 7) is 0.271. The van der Waals surface area contributed by atoms with Crippen LogP contribution in [0.1, 0.15) is 5.56 Å². The van der Waals surface area contributed by atoms with Crippen molar-refractivity contribution in [2.24, 2.45) is 5.11 Å². The van der Waals surface area contributed by atoms with Crippen LogP contribution in [0.15, 0.2) is 35.5 Å². The third kappa shape index (κ3) is 3.50. The second-order valence-corrected chi connectivity index (χ2v) is 2.66. The first kappa shape index (κ1) is 10.7. The molecule has 15 heavy (non-hydrogen) atoms. The van der Waals surface area contributed by atoms with Crippen molar-refractivity contribution in [1.82, 2.24) is 0 Å². The van der Waals surface area contributed by atoms with Gasteiger partial charge in [0.05, 0.1) is 4.92 Å². The van der Waals surface area contributed by atoms with Crippen LogP contribution in [-0.2, 0) is 0 Å². The lowest BCUT2D eigenvalue weighted by molar-refractivity contribution is -0.384. The predicted octanol–water partition coefficient (Wildman–Crippen LogP) is 2.92. The Hall–Kier alpha value is -2.33. The average Bonchev–Trinajstić information content (AvgIpc) is 2.25. The number of nitro groups is 1. The van der Waals surface area contributed by atoms with Gasteiger partial charge in [-0.2, -0.15) is 0 Å². The van der Waals surface area contributed by atoms with Crippen LogP contribution in [-0.4, -0.2) is 11.5 Å². The van der Waals surface area contributed by atoms with Gasteiger partial charge in [-0.15, -0.1) is 0 Å². The molecule has 0 aromatic heterocycles. The van der Waals surface area contributed by atoms with Crippen molar-refractivity contribution in [3.63, 3.8) is 0 Å². The molecule has 0 aliphatic rings. The third-order valence-electron chi connectivity index (χ3n) is 1.66. The Morgan fingerprint density at radius 3 is 2.67 bits per heavy atom. The number of non-ortho nitro benzene ring substituents is 1. The molecule has 0 N–H and O–H groups in total. The van der Waals surface area contributed by atoms with E-state index in [1.165, 1.54) is 12.1 Å². The molecule has 1 aromatic rings. The van der Waals surface area contributed by atoms with Crippen LogP contribution < -0.4 is 0 Å². The highest BCUT2D eigenvalue weighted by molar-refractivity contribution is 5.51. The van der Waals surface area contributed by atoms with Crippen molar-refractivity contribution in [2.75, 3.05) is 6.54 Å². The highest BCUT2D eigenvalue weighted by Gasteiger charge is 2.01. The fraction of sp³-hybridized carbons (Fsp3) is 0.111. The van der Waals surface area contributed by atoms with E-state index in [9.17, 15) is 10.1 Å². The van der Waals surface area contributed by atoms with Gasteiger partial charge in [0, 0.05) is 23.6 Å². The van der Waals surface area contributed by atoms with Crippen molar-refractivity contribution in [3.05, 3.63) is 56.5 Å². The summed E-state index contributed by atoms with van der Waals surface area (Å²) in [5.74, 6) is 0. The molecule has 0 amide bonds. The van der Waals surface area contributed by atoms with E-state index in [4.69, 9.17) is 5.53 Å². The van der Waals surface area contributed by atoms with Crippen LogP contribution in [0.4, 0.5) is 5.69 Å². The zero-order valence-corrected chi connectivity index (χ0v) is 7.78. The van der Waals surface area contributed by atoms with Crippen molar-refractivity contribution in [3.8, 4) is 0 Å². The van der Waals surface area contributed by atoms with Gasteiger partial charge in [-0.1, -0.05) is 17.3 Å². The number of hydrogen-bond donors (Lipinski definition) is 0. The Balaban J connectivity index is 2.68. The molecule has 76 valence electrons. The summed E-state index contributed by atoms with van der Waals surface area (Å²) in [5.41, 5.74) is 8.90. The molecule has 6 nitrogen and oxygen atoms in total. The number of rotatable bonds is 4. The van der Waals surface area contributed by atoms with Crippen LogP contribution in [0.2, 0.25) is 0 Å². The molecular weight excluding hydrogens is 196 g/mol. The van der Waals surface area contributed by atoms with Crippen LogP contribution in [0.5, 0.6) is 0 Å². The molecule has 0 saturated carbocycles. The van der Waals surface area contributed by atoms with Gasteiger partial charge in [0.15, 0.2) is 0 Å². The van der Waals surface area contributed by atoms with Crippen LogP contribution in [0, 0.1) is 10.1 Å². The Labute approximate surface area is 85.6 Å². The average molecular weight is 204 g/mol. The van der Waals surface area contributed by atoms with Crippen LogP contribution in [0.3, 0.4) is 0 Å². The minimum Gasteiger partial charge on any atom is -0.258 e. The fourth-order valence-electron chi connectivity index (χ4n) is 0.980. The summed E-state index contributed by atoms with van der Waals surface area (Å²) >= 11 is 0. The zero-order chi connectivity index (χ0) is 11.1. The molecule has 0 radical (unpaired) electrons. The molecule has 0 heterocycles. The minimum atomic E-state index is -0.451. The lowest BCUT2D eigenvalue weighted by Gasteiger charge is -1.92. The summed E-state index contributed by atoms with van der Waals surface area (Å²) in [6.07, 6.45) is 3.42. The van der Waals surface area contributed by atoms with E-state index in [0.717, 1.165) is 5.56 Å². The molecular formula is C9H8N4O2. The monoisotopic (exact) mass is 204 g/mol. The lowest BCUT2D eigenvalue weighted by Crippen LogP contribution is -1.86. The summed E-state index contributed by atoms with van der Waals surface area (Å²) in [7, 11) is 0. The Bertz CT molecular complexity index is 418. The number of nitrogens with zero attached hydrogens (tertiary/aromatic N) is 4. The minimum absolute atomic E-state index is 0.0576. The first-order valence-corrected chi connectivity index (χ1v) is 4.16. The first-order chi connectivity index (χ1) is 7.24. The second kappa shape index (κ2) is 5.41. The molecule has 1 rings (SSSR count). The largest absolute Gasteiger partial charge is 0.269 e. The van der Waals surface area contributed by atoms with E-state index >= 15 is 0 Å². The zero-order valence-electron chi connectivity index (χ0n) is 7.78. The summed E-state index contributed by atoms with van der Waals surface area (Å²) in [5, 5.41) is 13.7. The molecule has 0 aliphatic carbocycles. The maximum Gasteiger partial charge on any atom is 0.269 e. The molecule has 1 aromatic carbocycles. The van der Waals surface area contributed by atoms with Gasteiger partial charge < -0.3 is 0 Å². The smallest absolute Gasteiger partial charge is 0.258 e. The number of benzene rings is 1. The fourth-order valence-corrected chi connectivity index (χ4v) is 0.980. The number of nitro benzene ring substituents is 1. The van der Waals surface area contributed by atoms with E-state index in [2.05, 4.69) is 10.0 Å². The number of hydrogen-bond acceptors (Lipinski definition) is 3.